The molecule has 1 saturated carbocycles. The molecule has 1 atom stereocenters. The van der Waals surface area contributed by atoms with Crippen molar-refractivity contribution in [3.63, 3.8) is 0 Å². The lowest BCUT2D eigenvalue weighted by atomic mass is 9.88. The Kier molecular flexibility index (Phi) is 5.50. The minimum atomic E-state index is 0.239. The van der Waals surface area contributed by atoms with Crippen LogP contribution in [0.1, 0.15) is 42.5 Å². The molecule has 2 aromatic rings. The van der Waals surface area contributed by atoms with Gasteiger partial charge in [0.1, 0.15) is 17.3 Å². The molecule has 6 nitrogen and oxygen atoms in total. The lowest BCUT2D eigenvalue weighted by Gasteiger charge is -2.38. The second-order valence-electron chi connectivity index (χ2n) is 8.35. The molecular weight excluding hydrogens is 374 g/mol. The molecular formula is C21H29N3O3S. The Morgan fingerprint density at radius 2 is 1.96 bits per heavy atom. The average molecular weight is 404 g/mol. The van der Waals surface area contributed by atoms with Gasteiger partial charge in [-0.1, -0.05) is 0 Å². The third kappa shape index (κ3) is 3.65. The fraction of sp³-hybridized carbons (Fsp3) is 0.714. The molecule has 1 saturated heterocycles. The van der Waals surface area contributed by atoms with Gasteiger partial charge in [-0.2, -0.15) is 0 Å². The number of morpholine rings is 1. The molecule has 3 heterocycles. The molecule has 28 heavy (non-hydrogen) atoms. The van der Waals surface area contributed by atoms with E-state index in [2.05, 4.69) is 14.9 Å². The minimum absolute atomic E-state index is 0.239. The number of ether oxygens (including phenoxy) is 2. The SMILES string of the molecule is OCC1CCc2sc3ncnc(OC4CCC(N5CCOCC5)CC4)c3c2C1. The largest absolute Gasteiger partial charge is 0.474 e. The highest BCUT2D eigenvalue weighted by molar-refractivity contribution is 7.18. The summed E-state index contributed by atoms with van der Waals surface area (Å²) in [5.41, 5.74) is 1.32. The van der Waals surface area contributed by atoms with Crippen LogP contribution in [0.5, 0.6) is 5.88 Å². The summed E-state index contributed by atoms with van der Waals surface area (Å²) in [6.45, 7) is 4.12. The maximum Gasteiger partial charge on any atom is 0.225 e. The maximum absolute atomic E-state index is 9.62. The molecule has 0 amide bonds. The lowest BCUT2D eigenvalue weighted by molar-refractivity contribution is -0.00126. The van der Waals surface area contributed by atoms with Crippen molar-refractivity contribution in [3.8, 4) is 5.88 Å². The van der Waals surface area contributed by atoms with Gasteiger partial charge in [-0.05, 0) is 56.4 Å². The first kappa shape index (κ1) is 18.7. The molecule has 0 aromatic carbocycles. The van der Waals surface area contributed by atoms with Crippen molar-refractivity contribution in [2.75, 3.05) is 32.9 Å². The first-order valence-corrected chi connectivity index (χ1v) is 11.5. The topological polar surface area (TPSA) is 67.7 Å². The van der Waals surface area contributed by atoms with Crippen molar-refractivity contribution in [2.24, 2.45) is 5.92 Å². The highest BCUT2D eigenvalue weighted by Gasteiger charge is 2.30. The lowest BCUT2D eigenvalue weighted by Crippen LogP contribution is -2.46. The zero-order chi connectivity index (χ0) is 18.9. The van der Waals surface area contributed by atoms with Crippen molar-refractivity contribution >= 4 is 21.6 Å². The molecule has 152 valence electrons. The van der Waals surface area contributed by atoms with E-state index in [0.29, 0.717) is 12.0 Å². The van der Waals surface area contributed by atoms with Gasteiger partial charge in [-0.15, -0.1) is 11.3 Å². The first-order valence-electron chi connectivity index (χ1n) is 10.7. The van der Waals surface area contributed by atoms with Crippen LogP contribution in [0, 0.1) is 5.92 Å². The van der Waals surface area contributed by atoms with Crippen LogP contribution in [0.3, 0.4) is 0 Å². The first-order chi connectivity index (χ1) is 13.8. The average Bonchev–Trinajstić information content (AvgIpc) is 3.13. The molecule has 7 heteroatoms. The van der Waals surface area contributed by atoms with Gasteiger partial charge < -0.3 is 14.6 Å². The highest BCUT2D eigenvalue weighted by atomic mass is 32.1. The summed E-state index contributed by atoms with van der Waals surface area (Å²) >= 11 is 1.78. The van der Waals surface area contributed by atoms with Crippen LogP contribution in [-0.4, -0.2) is 65.0 Å². The van der Waals surface area contributed by atoms with Crippen molar-refractivity contribution in [1.29, 1.82) is 0 Å². The fourth-order valence-corrected chi connectivity index (χ4v) is 6.20. The number of aliphatic hydroxyl groups excluding tert-OH is 1. The number of aryl methyl sites for hydroxylation is 1. The predicted molar refractivity (Wildman–Crippen MR) is 109 cm³/mol. The standard InChI is InChI=1S/C21H29N3O3S/c25-12-14-1-6-18-17(11-14)19-20(22-13-23-21(19)28-18)27-16-4-2-15(3-5-16)24-7-9-26-10-8-24/h13-16,25H,1-12H2. The van der Waals surface area contributed by atoms with E-state index in [9.17, 15) is 5.11 Å². The quantitative estimate of drug-likeness (QED) is 0.847. The summed E-state index contributed by atoms with van der Waals surface area (Å²) in [7, 11) is 0. The van der Waals surface area contributed by atoms with Gasteiger partial charge in [0.25, 0.3) is 0 Å². The van der Waals surface area contributed by atoms with E-state index in [4.69, 9.17) is 9.47 Å². The number of rotatable bonds is 4. The molecule has 0 bridgehead atoms. The molecule has 1 unspecified atom stereocenters. The number of thiophene rings is 1. The van der Waals surface area contributed by atoms with Crippen molar-refractivity contribution in [1.82, 2.24) is 14.9 Å². The van der Waals surface area contributed by atoms with Crippen LogP contribution in [0.25, 0.3) is 10.2 Å². The van der Waals surface area contributed by atoms with E-state index in [1.807, 2.05) is 0 Å². The number of nitrogens with zero attached hydrogens (tertiary/aromatic N) is 3. The second kappa shape index (κ2) is 8.22. The summed E-state index contributed by atoms with van der Waals surface area (Å²) in [6.07, 6.45) is 9.43. The summed E-state index contributed by atoms with van der Waals surface area (Å²) in [6, 6.07) is 0.674. The zero-order valence-electron chi connectivity index (χ0n) is 16.3. The van der Waals surface area contributed by atoms with Crippen molar-refractivity contribution in [2.45, 2.75) is 57.1 Å². The van der Waals surface area contributed by atoms with E-state index < -0.39 is 0 Å². The molecule has 2 aliphatic carbocycles. The normalized spacial score (nSPS) is 29.0. The van der Waals surface area contributed by atoms with Crippen molar-refractivity contribution in [3.05, 3.63) is 16.8 Å². The number of aliphatic hydroxyl groups is 1. The third-order valence-corrected chi connectivity index (χ3v) is 7.85. The van der Waals surface area contributed by atoms with Gasteiger partial charge in [0.2, 0.25) is 5.88 Å². The van der Waals surface area contributed by atoms with E-state index in [0.717, 1.165) is 74.5 Å². The molecule has 0 spiro atoms. The second-order valence-corrected chi connectivity index (χ2v) is 9.43. The number of hydrogen-bond donors (Lipinski definition) is 1. The van der Waals surface area contributed by atoms with Gasteiger partial charge in [0.05, 0.1) is 18.6 Å². The number of fused-ring (bicyclic) bond motifs is 3. The zero-order valence-corrected chi connectivity index (χ0v) is 17.1. The third-order valence-electron chi connectivity index (χ3n) is 6.65. The Labute approximate surface area is 169 Å². The Hall–Kier alpha value is -1.28. The summed E-state index contributed by atoms with van der Waals surface area (Å²) in [5, 5.41) is 10.7. The smallest absolute Gasteiger partial charge is 0.225 e. The van der Waals surface area contributed by atoms with E-state index in [-0.39, 0.29) is 12.7 Å². The van der Waals surface area contributed by atoms with Gasteiger partial charge >= 0.3 is 0 Å². The Morgan fingerprint density at radius 1 is 1.14 bits per heavy atom. The molecule has 3 aliphatic rings. The van der Waals surface area contributed by atoms with Gasteiger partial charge in [-0.25, -0.2) is 9.97 Å². The van der Waals surface area contributed by atoms with Crippen molar-refractivity contribution < 1.29 is 14.6 Å². The maximum atomic E-state index is 9.62. The predicted octanol–water partition coefficient (Wildman–Crippen LogP) is 2.81. The van der Waals surface area contributed by atoms with E-state index >= 15 is 0 Å². The molecule has 2 fully saturated rings. The van der Waals surface area contributed by atoms with Crippen LogP contribution in [-0.2, 0) is 17.6 Å². The summed E-state index contributed by atoms with van der Waals surface area (Å²) in [4.78, 5) is 14.1. The van der Waals surface area contributed by atoms with Gasteiger partial charge in [0.15, 0.2) is 0 Å². The molecule has 1 aliphatic heterocycles. The van der Waals surface area contributed by atoms with Gasteiger partial charge in [-0.3, -0.25) is 4.90 Å². The fourth-order valence-electron chi connectivity index (χ4n) is 5.03. The van der Waals surface area contributed by atoms with Crippen LogP contribution >= 0.6 is 11.3 Å². The number of aromatic nitrogens is 2. The summed E-state index contributed by atoms with van der Waals surface area (Å²) in [5.74, 6) is 1.11. The van der Waals surface area contributed by atoms with Crippen LogP contribution in [0.15, 0.2) is 6.33 Å². The molecule has 0 radical (unpaired) electrons. The van der Waals surface area contributed by atoms with Crippen LogP contribution in [0.2, 0.25) is 0 Å². The Balaban J connectivity index is 1.30. The Morgan fingerprint density at radius 3 is 2.75 bits per heavy atom. The van der Waals surface area contributed by atoms with Crippen LogP contribution < -0.4 is 4.74 Å². The monoisotopic (exact) mass is 403 g/mol. The molecule has 5 rings (SSSR count). The Bertz CT molecular complexity index is 813. The van der Waals surface area contributed by atoms with Crippen LogP contribution in [0.4, 0.5) is 0 Å². The highest BCUT2D eigenvalue weighted by Crippen LogP contribution is 2.41. The molecule has 1 N–H and O–H groups in total. The molecule has 2 aromatic heterocycles. The minimum Gasteiger partial charge on any atom is -0.474 e. The van der Waals surface area contributed by atoms with Gasteiger partial charge in [0, 0.05) is 30.6 Å². The summed E-state index contributed by atoms with van der Waals surface area (Å²) < 4.78 is 11.9. The van der Waals surface area contributed by atoms with E-state index in [1.165, 1.54) is 23.3 Å². The number of hydrogen-bond acceptors (Lipinski definition) is 7. The van der Waals surface area contributed by atoms with E-state index in [1.54, 1.807) is 17.7 Å².